The van der Waals surface area contributed by atoms with Crippen molar-refractivity contribution >= 4 is 16.9 Å². The number of morpholine rings is 1. The molecule has 180 valence electrons. The first kappa shape index (κ1) is 22.0. The fourth-order valence-corrected chi connectivity index (χ4v) is 5.03. The number of rotatable bonds is 4. The number of hydrogen-bond acceptors (Lipinski definition) is 7. The molecule has 2 N–H and O–H groups in total. The molecule has 6 rings (SSSR count). The van der Waals surface area contributed by atoms with Gasteiger partial charge < -0.3 is 15.0 Å². The predicted molar refractivity (Wildman–Crippen MR) is 128 cm³/mol. The first-order valence-electron chi connectivity index (χ1n) is 11.8. The largest absolute Gasteiger partial charge is 0.378 e. The second-order valence-corrected chi connectivity index (χ2v) is 8.88. The van der Waals surface area contributed by atoms with Crippen molar-refractivity contribution in [1.82, 2.24) is 30.5 Å². The fraction of sp³-hybridized carbons (Fsp3) is 0.360. The summed E-state index contributed by atoms with van der Waals surface area (Å²) < 4.78 is 36.2. The van der Waals surface area contributed by atoms with Gasteiger partial charge in [-0.1, -0.05) is 0 Å². The van der Waals surface area contributed by atoms with Gasteiger partial charge in [0.25, 0.3) is 0 Å². The lowest BCUT2D eigenvalue weighted by molar-refractivity contribution is 0.122. The number of H-pyrrole nitrogens is 1. The maximum absolute atomic E-state index is 15.6. The minimum absolute atomic E-state index is 0.00225. The summed E-state index contributed by atoms with van der Waals surface area (Å²) in [7, 11) is 1.81. The molecular formula is C25H25F2N7O. The first-order valence-corrected chi connectivity index (χ1v) is 11.8. The summed E-state index contributed by atoms with van der Waals surface area (Å²) in [5.41, 5.74) is 3.38. The Morgan fingerprint density at radius 3 is 2.77 bits per heavy atom. The summed E-state index contributed by atoms with van der Waals surface area (Å²) in [4.78, 5) is 15.6. The van der Waals surface area contributed by atoms with Gasteiger partial charge in [-0.15, -0.1) is 0 Å². The Morgan fingerprint density at radius 1 is 1.14 bits per heavy atom. The number of ether oxygens (including phenoxy) is 1. The molecule has 4 aromatic rings. The van der Waals surface area contributed by atoms with E-state index < -0.39 is 11.6 Å². The number of benzene rings is 1. The third-order valence-electron chi connectivity index (χ3n) is 6.88. The Morgan fingerprint density at radius 2 is 2.00 bits per heavy atom. The van der Waals surface area contributed by atoms with Crippen LogP contribution in [-0.4, -0.2) is 58.5 Å². The van der Waals surface area contributed by atoms with Crippen LogP contribution in [0.2, 0.25) is 0 Å². The van der Waals surface area contributed by atoms with E-state index in [-0.39, 0.29) is 17.4 Å². The number of pyridine rings is 1. The van der Waals surface area contributed by atoms with Crippen LogP contribution in [0.25, 0.3) is 33.7 Å². The topological polar surface area (TPSA) is 91.9 Å². The van der Waals surface area contributed by atoms with Crippen molar-refractivity contribution in [2.45, 2.75) is 25.3 Å². The summed E-state index contributed by atoms with van der Waals surface area (Å²) in [6.07, 6.45) is 5.49. The smallest absolute Gasteiger partial charge is 0.165 e. The molecule has 0 radical (unpaired) electrons. The van der Waals surface area contributed by atoms with Crippen molar-refractivity contribution in [3.63, 3.8) is 0 Å². The lowest BCUT2D eigenvalue weighted by Crippen LogP contribution is -2.36. The molecule has 35 heavy (non-hydrogen) atoms. The molecule has 8 nitrogen and oxygen atoms in total. The van der Waals surface area contributed by atoms with E-state index in [4.69, 9.17) is 4.74 Å². The number of halogens is 2. The van der Waals surface area contributed by atoms with Gasteiger partial charge in [0.05, 0.1) is 25.0 Å². The van der Waals surface area contributed by atoms with Crippen LogP contribution in [0, 0.1) is 11.6 Å². The Bertz CT molecular complexity index is 1380. The summed E-state index contributed by atoms with van der Waals surface area (Å²) in [6.45, 7) is 2.94. The molecule has 3 aromatic heterocycles. The van der Waals surface area contributed by atoms with Crippen LogP contribution in [0.1, 0.15) is 30.0 Å². The van der Waals surface area contributed by atoms with Gasteiger partial charge in [0.1, 0.15) is 34.2 Å². The molecule has 1 unspecified atom stereocenters. The number of hydrogen-bond donors (Lipinski definition) is 2. The molecule has 1 saturated heterocycles. The van der Waals surface area contributed by atoms with Gasteiger partial charge in [-0.05, 0) is 55.6 Å². The molecule has 10 heteroatoms. The van der Waals surface area contributed by atoms with Gasteiger partial charge in [-0.2, -0.15) is 5.10 Å². The van der Waals surface area contributed by atoms with Crippen LogP contribution in [-0.2, 0) is 11.2 Å². The summed E-state index contributed by atoms with van der Waals surface area (Å²) in [5, 5.41) is 10.4. The number of nitrogens with one attached hydrogen (secondary N) is 2. The quantitative estimate of drug-likeness (QED) is 0.462. The van der Waals surface area contributed by atoms with E-state index in [1.54, 1.807) is 6.20 Å². The second kappa shape index (κ2) is 8.94. The van der Waals surface area contributed by atoms with Crippen molar-refractivity contribution < 1.29 is 13.5 Å². The SMILES string of the molecule is CNC1CCCc2c1cc(F)c(-c1ncc3[nH]nc(-c4ccc(N5CCOCC5)nc4)c3n1)c2F. The van der Waals surface area contributed by atoms with Crippen molar-refractivity contribution in [2.75, 3.05) is 38.3 Å². The van der Waals surface area contributed by atoms with E-state index >= 15 is 8.78 Å². The van der Waals surface area contributed by atoms with E-state index in [2.05, 4.69) is 35.4 Å². The van der Waals surface area contributed by atoms with E-state index in [0.29, 0.717) is 47.5 Å². The summed E-state index contributed by atoms with van der Waals surface area (Å²) >= 11 is 0. The second-order valence-electron chi connectivity index (χ2n) is 8.88. The molecule has 0 spiro atoms. The zero-order valence-corrected chi connectivity index (χ0v) is 19.3. The molecule has 0 saturated carbocycles. The third kappa shape index (κ3) is 3.82. The number of nitrogens with zero attached hydrogens (tertiary/aromatic N) is 5. The van der Waals surface area contributed by atoms with E-state index in [1.165, 1.54) is 12.3 Å². The van der Waals surface area contributed by atoms with Crippen LogP contribution in [0.4, 0.5) is 14.6 Å². The Hall–Kier alpha value is -3.50. The van der Waals surface area contributed by atoms with Crippen LogP contribution in [0.3, 0.4) is 0 Å². The van der Waals surface area contributed by atoms with Crippen LogP contribution >= 0.6 is 0 Å². The van der Waals surface area contributed by atoms with Gasteiger partial charge >= 0.3 is 0 Å². The number of aromatic nitrogens is 5. The Kier molecular flexibility index (Phi) is 5.62. The molecule has 1 aromatic carbocycles. The molecular weight excluding hydrogens is 452 g/mol. The fourth-order valence-electron chi connectivity index (χ4n) is 5.03. The zero-order chi connectivity index (χ0) is 23.9. The van der Waals surface area contributed by atoms with Gasteiger partial charge in [0, 0.05) is 30.9 Å². The van der Waals surface area contributed by atoms with E-state index in [1.807, 2.05) is 19.2 Å². The molecule has 0 amide bonds. The highest BCUT2D eigenvalue weighted by molar-refractivity contribution is 5.90. The lowest BCUT2D eigenvalue weighted by Gasteiger charge is -2.27. The third-order valence-corrected chi connectivity index (χ3v) is 6.88. The number of fused-ring (bicyclic) bond motifs is 2. The maximum Gasteiger partial charge on any atom is 0.165 e. The highest BCUT2D eigenvalue weighted by atomic mass is 19.1. The van der Waals surface area contributed by atoms with Crippen molar-refractivity contribution in [3.05, 3.63) is 53.4 Å². The summed E-state index contributed by atoms with van der Waals surface area (Å²) in [6, 6.07) is 5.22. The van der Waals surface area contributed by atoms with Crippen molar-refractivity contribution in [2.24, 2.45) is 0 Å². The van der Waals surface area contributed by atoms with Crippen LogP contribution < -0.4 is 10.2 Å². The van der Waals surface area contributed by atoms with Gasteiger partial charge in [0.15, 0.2) is 5.82 Å². The number of anilines is 1. The summed E-state index contributed by atoms with van der Waals surface area (Å²) in [5.74, 6) is -0.377. The predicted octanol–water partition coefficient (Wildman–Crippen LogP) is 3.79. The molecule has 1 aliphatic carbocycles. The van der Waals surface area contributed by atoms with E-state index in [0.717, 1.165) is 37.3 Å². The van der Waals surface area contributed by atoms with Crippen LogP contribution in [0.15, 0.2) is 30.6 Å². The Balaban J connectivity index is 1.39. The normalized spacial score (nSPS) is 18.1. The van der Waals surface area contributed by atoms with Gasteiger partial charge in [-0.3, -0.25) is 5.10 Å². The standard InChI is InChI=1S/C25H25F2N7O/c1-28-18-4-2-3-15-16(18)11-17(26)21(22(15)27)25-30-13-19-24(31-25)23(33-32-19)14-5-6-20(29-12-14)34-7-9-35-10-8-34/h5-6,11-13,18,28H,2-4,7-10H2,1H3,(H,32,33). The minimum Gasteiger partial charge on any atom is -0.378 e. The lowest BCUT2D eigenvalue weighted by atomic mass is 9.85. The number of aromatic amines is 1. The molecule has 2 aliphatic rings. The molecule has 0 bridgehead atoms. The zero-order valence-electron chi connectivity index (χ0n) is 19.3. The Labute approximate surface area is 200 Å². The molecule has 4 heterocycles. The van der Waals surface area contributed by atoms with Crippen molar-refractivity contribution in [3.8, 4) is 22.6 Å². The van der Waals surface area contributed by atoms with Gasteiger partial charge in [-0.25, -0.2) is 23.7 Å². The molecule has 1 aliphatic heterocycles. The monoisotopic (exact) mass is 477 g/mol. The van der Waals surface area contributed by atoms with Crippen molar-refractivity contribution in [1.29, 1.82) is 0 Å². The van der Waals surface area contributed by atoms with Gasteiger partial charge in [0.2, 0.25) is 0 Å². The molecule has 1 atom stereocenters. The van der Waals surface area contributed by atoms with Crippen LogP contribution in [0.5, 0.6) is 0 Å². The molecule has 1 fully saturated rings. The highest BCUT2D eigenvalue weighted by Gasteiger charge is 2.28. The van der Waals surface area contributed by atoms with E-state index in [9.17, 15) is 0 Å². The minimum atomic E-state index is -0.663. The maximum atomic E-state index is 15.6. The average Bonchev–Trinajstić information content (AvgIpc) is 3.32. The average molecular weight is 478 g/mol. The first-order chi connectivity index (χ1) is 17.1. The highest BCUT2D eigenvalue weighted by Crippen LogP contribution is 2.37.